The summed E-state index contributed by atoms with van der Waals surface area (Å²) in [5.74, 6) is 0.427. The van der Waals surface area contributed by atoms with Crippen LogP contribution in [0.4, 0.5) is 0 Å². The predicted molar refractivity (Wildman–Crippen MR) is 67.5 cm³/mol. The van der Waals surface area contributed by atoms with E-state index in [9.17, 15) is 4.79 Å². The lowest BCUT2D eigenvalue weighted by Gasteiger charge is -2.36. The van der Waals surface area contributed by atoms with Crippen LogP contribution < -0.4 is 0 Å². The van der Waals surface area contributed by atoms with E-state index < -0.39 is 0 Å². The molecule has 0 unspecified atom stereocenters. The molecule has 1 aromatic rings. The molecule has 4 rings (SSSR count). The molecule has 0 amide bonds. The number of aromatic nitrogens is 1. The van der Waals surface area contributed by atoms with Crippen molar-refractivity contribution in [2.24, 2.45) is 17.3 Å². The Labute approximate surface area is 115 Å². The molecule has 3 nitrogen and oxygen atoms in total. The molecule has 3 aliphatic rings. The van der Waals surface area contributed by atoms with E-state index in [1.165, 1.54) is 12.3 Å². The van der Waals surface area contributed by atoms with Gasteiger partial charge in [0.05, 0.1) is 22.6 Å². The molecule has 0 spiro atoms. The largest absolute Gasteiger partial charge is 0.293 e. The first kappa shape index (κ1) is 12.0. The van der Waals surface area contributed by atoms with Crippen LogP contribution in [0.25, 0.3) is 0 Å². The molecule has 0 saturated heterocycles. The molecule has 1 aromatic heterocycles. The van der Waals surface area contributed by atoms with Crippen molar-refractivity contribution in [3.63, 3.8) is 0 Å². The van der Waals surface area contributed by atoms with Crippen molar-refractivity contribution >= 4 is 29.0 Å². The van der Waals surface area contributed by atoms with Crippen LogP contribution in [0.15, 0.2) is 12.3 Å². The number of nitrogens with zero attached hydrogens (tertiary/aromatic N) is 2. The van der Waals surface area contributed by atoms with E-state index in [-0.39, 0.29) is 22.3 Å². The summed E-state index contributed by atoms with van der Waals surface area (Å²) in [6.07, 6.45) is 3.72. The maximum Gasteiger partial charge on any atom is 0.172 e. The van der Waals surface area contributed by atoms with Gasteiger partial charge in [0, 0.05) is 11.6 Å². The number of fused-ring (bicyclic) bond motifs is 1. The summed E-state index contributed by atoms with van der Waals surface area (Å²) in [5.41, 5.74) is 0.0580. The van der Waals surface area contributed by atoms with Crippen LogP contribution in [-0.4, -0.2) is 10.8 Å². The number of hydrogen-bond acceptors (Lipinski definition) is 3. The maximum atomic E-state index is 12.5. The van der Waals surface area contributed by atoms with Gasteiger partial charge in [-0.15, -0.1) is 0 Å². The zero-order valence-corrected chi connectivity index (χ0v) is 11.0. The normalized spacial score (nSPS) is 32.7. The first-order chi connectivity index (χ1) is 8.55. The van der Waals surface area contributed by atoms with Gasteiger partial charge in [0.15, 0.2) is 5.78 Å². The highest BCUT2D eigenvalue weighted by Crippen LogP contribution is 2.63. The van der Waals surface area contributed by atoms with Gasteiger partial charge in [0.1, 0.15) is 5.15 Å². The van der Waals surface area contributed by atoms with E-state index in [1.807, 2.05) is 0 Å². The van der Waals surface area contributed by atoms with Crippen molar-refractivity contribution in [2.75, 3.05) is 0 Å². The van der Waals surface area contributed by atoms with Gasteiger partial charge in [-0.2, -0.15) is 5.26 Å². The lowest BCUT2D eigenvalue weighted by atomic mass is 9.65. The van der Waals surface area contributed by atoms with Gasteiger partial charge in [-0.25, -0.2) is 4.98 Å². The average molecular weight is 281 g/mol. The Morgan fingerprint density at radius 3 is 2.72 bits per heavy atom. The molecule has 3 saturated carbocycles. The molecule has 2 bridgehead atoms. The van der Waals surface area contributed by atoms with Crippen molar-refractivity contribution in [2.45, 2.75) is 19.3 Å². The highest BCUT2D eigenvalue weighted by molar-refractivity contribution is 6.36. The van der Waals surface area contributed by atoms with Crippen LogP contribution in [0.2, 0.25) is 10.2 Å². The van der Waals surface area contributed by atoms with Gasteiger partial charge in [-0.05, 0) is 31.2 Å². The van der Waals surface area contributed by atoms with Gasteiger partial charge in [-0.1, -0.05) is 23.2 Å². The van der Waals surface area contributed by atoms with Crippen molar-refractivity contribution in [1.82, 2.24) is 4.98 Å². The van der Waals surface area contributed by atoms with E-state index in [1.54, 1.807) is 0 Å². The summed E-state index contributed by atoms with van der Waals surface area (Å²) in [6.45, 7) is 0. The van der Waals surface area contributed by atoms with Gasteiger partial charge < -0.3 is 0 Å². The highest BCUT2D eigenvalue weighted by atomic mass is 35.5. The molecule has 18 heavy (non-hydrogen) atoms. The second-order valence-corrected chi connectivity index (χ2v) is 6.00. The molecule has 0 aliphatic heterocycles. The van der Waals surface area contributed by atoms with E-state index >= 15 is 0 Å². The van der Waals surface area contributed by atoms with Crippen LogP contribution in [0, 0.1) is 28.6 Å². The quantitative estimate of drug-likeness (QED) is 0.615. The van der Waals surface area contributed by atoms with Crippen LogP contribution in [0.5, 0.6) is 0 Å². The molecular weight excluding hydrogens is 271 g/mol. The summed E-state index contributed by atoms with van der Waals surface area (Å²) >= 11 is 11.8. The second-order valence-electron chi connectivity index (χ2n) is 5.20. The summed E-state index contributed by atoms with van der Waals surface area (Å²) < 4.78 is 0. The number of halogens is 2. The number of carbonyl (C=O) groups is 1. The Hall–Kier alpha value is -1.11. The van der Waals surface area contributed by atoms with Crippen molar-refractivity contribution in [1.29, 1.82) is 5.26 Å². The van der Waals surface area contributed by atoms with Crippen molar-refractivity contribution < 1.29 is 4.79 Å². The number of carbonyl (C=O) groups excluding carboxylic acids is 1. The van der Waals surface area contributed by atoms with Crippen LogP contribution >= 0.6 is 23.2 Å². The van der Waals surface area contributed by atoms with Crippen molar-refractivity contribution in [3.8, 4) is 6.07 Å². The Morgan fingerprint density at radius 1 is 1.44 bits per heavy atom. The molecule has 0 aromatic carbocycles. The minimum atomic E-state index is -0.371. The summed E-state index contributed by atoms with van der Waals surface area (Å²) in [5, 5.41) is 9.63. The first-order valence-corrected chi connectivity index (χ1v) is 6.57. The SMILES string of the molecule is N#C[C@H]1CC2(C(=O)c3cnc(Cl)cc3Cl)CC1C2. The van der Waals surface area contributed by atoms with Crippen LogP contribution in [-0.2, 0) is 0 Å². The van der Waals surface area contributed by atoms with E-state index in [4.69, 9.17) is 28.5 Å². The zero-order chi connectivity index (χ0) is 12.9. The molecule has 92 valence electrons. The third kappa shape index (κ3) is 1.56. The zero-order valence-electron chi connectivity index (χ0n) is 9.49. The fourth-order valence-corrected chi connectivity index (χ4v) is 3.72. The fraction of sp³-hybridized carbons (Fsp3) is 0.462. The summed E-state index contributed by atoms with van der Waals surface area (Å²) in [6, 6.07) is 3.77. The summed E-state index contributed by atoms with van der Waals surface area (Å²) in [7, 11) is 0. The Bertz CT molecular complexity index is 573. The van der Waals surface area contributed by atoms with Crippen LogP contribution in [0.3, 0.4) is 0 Å². The van der Waals surface area contributed by atoms with Crippen LogP contribution in [0.1, 0.15) is 29.6 Å². The number of Topliss-reactive ketones (excluding diaryl/α,β-unsaturated/α-hetero) is 1. The van der Waals surface area contributed by atoms with Crippen molar-refractivity contribution in [3.05, 3.63) is 28.0 Å². The monoisotopic (exact) mass is 280 g/mol. The average Bonchev–Trinajstić information content (AvgIpc) is 2.82. The summed E-state index contributed by atoms with van der Waals surface area (Å²) in [4.78, 5) is 16.4. The Kier molecular flexibility index (Phi) is 2.62. The topological polar surface area (TPSA) is 53.8 Å². The number of nitriles is 1. The molecular formula is C13H10Cl2N2O. The molecule has 1 atom stereocenters. The predicted octanol–water partition coefficient (Wildman–Crippen LogP) is 3.51. The fourth-order valence-electron chi connectivity index (χ4n) is 3.27. The third-order valence-electron chi connectivity index (χ3n) is 4.20. The molecule has 1 heterocycles. The first-order valence-electron chi connectivity index (χ1n) is 5.81. The minimum absolute atomic E-state index is 0.0191. The Morgan fingerprint density at radius 2 is 2.17 bits per heavy atom. The Balaban J connectivity index is 1.91. The lowest BCUT2D eigenvalue weighted by Crippen LogP contribution is -2.36. The molecule has 0 radical (unpaired) electrons. The number of pyridine rings is 1. The maximum absolute atomic E-state index is 12.5. The van der Waals surface area contributed by atoms with E-state index in [2.05, 4.69) is 11.1 Å². The minimum Gasteiger partial charge on any atom is -0.293 e. The highest BCUT2D eigenvalue weighted by Gasteiger charge is 2.60. The van der Waals surface area contributed by atoms with E-state index in [0.29, 0.717) is 22.9 Å². The number of hydrogen-bond donors (Lipinski definition) is 0. The van der Waals surface area contributed by atoms with Gasteiger partial charge in [0.2, 0.25) is 0 Å². The molecule has 3 fully saturated rings. The smallest absolute Gasteiger partial charge is 0.172 e. The lowest BCUT2D eigenvalue weighted by molar-refractivity contribution is 0.0639. The second kappa shape index (κ2) is 3.94. The van der Waals surface area contributed by atoms with E-state index in [0.717, 1.165) is 12.8 Å². The number of rotatable bonds is 2. The third-order valence-corrected chi connectivity index (χ3v) is 4.72. The number of ketones is 1. The van der Waals surface area contributed by atoms with Gasteiger partial charge >= 0.3 is 0 Å². The van der Waals surface area contributed by atoms with Gasteiger partial charge in [0.25, 0.3) is 0 Å². The van der Waals surface area contributed by atoms with Gasteiger partial charge in [-0.3, -0.25) is 4.79 Å². The standard InChI is InChI=1S/C13H10Cl2N2O/c14-10-1-11(15)17-6-9(10)12(18)13-2-7(3-13)8(4-13)5-16/h1,6-8H,2-4H2/t7?,8-,13?/m1/s1. The molecule has 5 heteroatoms. The molecule has 0 N–H and O–H groups in total. The molecule has 3 aliphatic carbocycles.